The average molecular weight is 477 g/mol. The van der Waals surface area contributed by atoms with Gasteiger partial charge in [-0.25, -0.2) is 0 Å². The van der Waals surface area contributed by atoms with Crippen molar-refractivity contribution >= 4 is 11.9 Å². The molecule has 0 aromatic heterocycles. The first-order valence-corrected chi connectivity index (χ1v) is 11.4. The summed E-state index contributed by atoms with van der Waals surface area (Å²) in [4.78, 5) is 22.4. The topological polar surface area (TPSA) is 82.1 Å². The van der Waals surface area contributed by atoms with Gasteiger partial charge in [0.05, 0.1) is 32.7 Å². The van der Waals surface area contributed by atoms with Gasteiger partial charge >= 0.3 is 11.9 Å². The predicted octanol–water partition coefficient (Wildman–Crippen LogP) is 6.23. The summed E-state index contributed by atoms with van der Waals surface area (Å²) in [5.41, 5.74) is 2.13. The van der Waals surface area contributed by atoms with Gasteiger partial charge in [-0.05, 0) is 55.2 Å². The van der Waals surface area contributed by atoms with E-state index in [0.29, 0.717) is 19.4 Å². The molecule has 0 saturated carbocycles. The molecule has 1 N–H and O–H groups in total. The van der Waals surface area contributed by atoms with Gasteiger partial charge in [0.1, 0.15) is 11.5 Å². The Hall–Kier alpha value is -3.02. The van der Waals surface area contributed by atoms with Crippen molar-refractivity contribution in [2.24, 2.45) is 11.8 Å². The third kappa shape index (κ3) is 14.2. The lowest BCUT2D eigenvalue weighted by molar-refractivity contribution is -0.145. The monoisotopic (exact) mass is 476 g/mol. The van der Waals surface area contributed by atoms with Crippen LogP contribution in [0.2, 0.25) is 0 Å². The number of ether oxygens (including phenoxy) is 3. The van der Waals surface area contributed by atoms with Crippen molar-refractivity contribution in [3.63, 3.8) is 0 Å². The molecule has 0 saturated heterocycles. The molecular weight excluding hydrogens is 432 g/mol. The lowest BCUT2D eigenvalue weighted by atomic mass is 10.0. The number of esters is 2. The van der Waals surface area contributed by atoms with Crippen LogP contribution in [0, 0.1) is 11.8 Å². The second-order valence-electron chi connectivity index (χ2n) is 7.71. The van der Waals surface area contributed by atoms with E-state index in [1.165, 1.54) is 20.6 Å². The van der Waals surface area contributed by atoms with Crippen LogP contribution in [-0.4, -0.2) is 37.9 Å². The second-order valence-corrected chi connectivity index (χ2v) is 7.71. The quantitative estimate of drug-likeness (QED) is 0.455. The fourth-order valence-corrected chi connectivity index (χ4v) is 2.80. The Morgan fingerprint density at radius 2 is 1.12 bits per heavy atom. The lowest BCUT2D eigenvalue weighted by Gasteiger charge is -2.09. The minimum atomic E-state index is -0.210. The van der Waals surface area contributed by atoms with E-state index >= 15 is 0 Å². The number of aromatic hydroxyl groups is 1. The van der Waals surface area contributed by atoms with Crippen molar-refractivity contribution in [1.29, 1.82) is 0 Å². The highest BCUT2D eigenvalue weighted by molar-refractivity contribution is 5.72. The van der Waals surface area contributed by atoms with E-state index in [1.807, 2.05) is 45.0 Å². The first-order valence-electron chi connectivity index (χ1n) is 11.4. The molecule has 0 radical (unpaired) electrons. The molecule has 2 aromatic carbocycles. The molecule has 0 spiro atoms. The van der Waals surface area contributed by atoms with Crippen LogP contribution in [0.4, 0.5) is 0 Å². The summed E-state index contributed by atoms with van der Waals surface area (Å²) in [7, 11) is 2.80. The van der Waals surface area contributed by atoms with Crippen molar-refractivity contribution in [3.8, 4) is 11.5 Å². The smallest absolute Gasteiger partial charge is 0.308 e. The van der Waals surface area contributed by atoms with E-state index in [4.69, 9.17) is 9.84 Å². The second kappa shape index (κ2) is 19.4. The van der Waals surface area contributed by atoms with Crippen molar-refractivity contribution in [2.75, 3.05) is 20.8 Å². The summed E-state index contributed by atoms with van der Waals surface area (Å²) >= 11 is 0. The molecule has 6 nitrogen and oxygen atoms in total. The number of methoxy groups -OCH3 is 2. The third-order valence-corrected chi connectivity index (χ3v) is 4.46. The standard InChI is InChI=1S/C13H18O3.C11H14O3.C3H8.CH4/c1-4-16-12-7-5-11(6-8-12)9-10(2)13(14)15-3;1-8(11(13)14-2)7-9-3-5-10(12)6-4-9;1-3-2;/h5-8,10H,4,9H2,1-3H3;3-6,8,12H,7H2,1-2H3;3H2,1-2H3;1H4. The maximum absolute atomic E-state index is 11.2. The Morgan fingerprint density at radius 3 is 1.44 bits per heavy atom. The molecule has 6 heteroatoms. The third-order valence-electron chi connectivity index (χ3n) is 4.46. The summed E-state index contributed by atoms with van der Waals surface area (Å²) in [5, 5.41) is 9.05. The number of phenolic OH excluding ortho intramolecular Hbond substituents is 1. The number of hydrogen-bond donors (Lipinski definition) is 1. The number of carbonyl (C=O) groups excluding carboxylic acids is 2. The molecule has 0 bridgehead atoms. The molecule has 0 aliphatic heterocycles. The highest BCUT2D eigenvalue weighted by atomic mass is 16.5. The molecule has 0 amide bonds. The van der Waals surface area contributed by atoms with Gasteiger partial charge in [-0.1, -0.05) is 65.8 Å². The van der Waals surface area contributed by atoms with Gasteiger partial charge in [0.25, 0.3) is 0 Å². The number of phenols is 1. The van der Waals surface area contributed by atoms with Gasteiger partial charge in [-0.15, -0.1) is 0 Å². The van der Waals surface area contributed by atoms with Gasteiger partial charge in [0.15, 0.2) is 0 Å². The van der Waals surface area contributed by atoms with Gasteiger partial charge in [0.2, 0.25) is 0 Å². The van der Waals surface area contributed by atoms with E-state index < -0.39 is 0 Å². The molecule has 2 aromatic rings. The van der Waals surface area contributed by atoms with E-state index in [1.54, 1.807) is 24.3 Å². The van der Waals surface area contributed by atoms with E-state index in [9.17, 15) is 9.59 Å². The largest absolute Gasteiger partial charge is 0.508 e. The Balaban J connectivity index is 0. The van der Waals surface area contributed by atoms with Crippen LogP contribution in [0.25, 0.3) is 0 Å². The predicted molar refractivity (Wildman–Crippen MR) is 138 cm³/mol. The molecule has 0 fully saturated rings. The Bertz CT molecular complexity index is 784. The first-order chi connectivity index (χ1) is 15.7. The van der Waals surface area contributed by atoms with Crippen molar-refractivity contribution in [2.45, 2.75) is 61.3 Å². The minimum absolute atomic E-state index is 0. The average Bonchev–Trinajstić information content (AvgIpc) is 2.81. The van der Waals surface area contributed by atoms with E-state index in [-0.39, 0.29) is 37.0 Å². The number of rotatable bonds is 8. The molecule has 2 rings (SSSR count). The van der Waals surface area contributed by atoms with Crippen LogP contribution in [0.1, 0.15) is 59.6 Å². The van der Waals surface area contributed by atoms with Crippen molar-refractivity contribution < 1.29 is 28.9 Å². The zero-order valence-electron chi connectivity index (χ0n) is 21.1. The SMILES string of the molecule is C.CCC.CCOc1ccc(CC(C)C(=O)OC)cc1.COC(=O)C(C)Cc1ccc(O)cc1. The van der Waals surface area contributed by atoms with E-state index in [2.05, 4.69) is 23.3 Å². The van der Waals surface area contributed by atoms with Gasteiger partial charge in [-0.2, -0.15) is 0 Å². The molecule has 0 aliphatic rings. The summed E-state index contributed by atoms with van der Waals surface area (Å²) in [6.07, 6.45) is 2.58. The molecule has 192 valence electrons. The van der Waals surface area contributed by atoms with Crippen LogP contribution in [0.3, 0.4) is 0 Å². The minimum Gasteiger partial charge on any atom is -0.508 e. The first kappa shape index (κ1) is 33.2. The number of benzene rings is 2. The fraction of sp³-hybridized carbons (Fsp3) is 0.500. The zero-order chi connectivity index (χ0) is 25.2. The molecule has 2 atom stereocenters. The molecular formula is C28H44O6. The zero-order valence-corrected chi connectivity index (χ0v) is 21.1. The van der Waals surface area contributed by atoms with Crippen LogP contribution in [0.15, 0.2) is 48.5 Å². The summed E-state index contributed by atoms with van der Waals surface area (Å²) in [6.45, 7) is 10.5. The van der Waals surface area contributed by atoms with Gasteiger partial charge in [-0.3, -0.25) is 9.59 Å². The van der Waals surface area contributed by atoms with Crippen LogP contribution in [0.5, 0.6) is 11.5 Å². The Labute approximate surface area is 206 Å². The maximum Gasteiger partial charge on any atom is 0.308 e. The van der Waals surface area contributed by atoms with Gasteiger partial charge in [0, 0.05) is 0 Å². The highest BCUT2D eigenvalue weighted by Gasteiger charge is 2.14. The van der Waals surface area contributed by atoms with Crippen LogP contribution >= 0.6 is 0 Å². The fourth-order valence-electron chi connectivity index (χ4n) is 2.80. The normalized spacial score (nSPS) is 11.1. The molecule has 2 unspecified atom stereocenters. The number of hydrogen-bond acceptors (Lipinski definition) is 6. The number of carbonyl (C=O) groups is 2. The summed E-state index contributed by atoms with van der Waals surface area (Å²) in [6, 6.07) is 14.6. The Kier molecular flexibility index (Phi) is 19.0. The molecule has 34 heavy (non-hydrogen) atoms. The van der Waals surface area contributed by atoms with Crippen LogP contribution < -0.4 is 4.74 Å². The highest BCUT2D eigenvalue weighted by Crippen LogP contribution is 2.16. The lowest BCUT2D eigenvalue weighted by Crippen LogP contribution is -2.14. The van der Waals surface area contributed by atoms with Gasteiger partial charge < -0.3 is 19.3 Å². The summed E-state index contributed by atoms with van der Waals surface area (Å²) < 4.78 is 14.6. The summed E-state index contributed by atoms with van der Waals surface area (Å²) in [5.74, 6) is 0.455. The molecule has 0 heterocycles. The van der Waals surface area contributed by atoms with E-state index in [0.717, 1.165) is 16.9 Å². The maximum atomic E-state index is 11.2. The van der Waals surface area contributed by atoms with Crippen molar-refractivity contribution in [1.82, 2.24) is 0 Å². The van der Waals surface area contributed by atoms with Crippen molar-refractivity contribution in [3.05, 3.63) is 59.7 Å². The molecule has 0 aliphatic carbocycles. The van der Waals surface area contributed by atoms with Crippen LogP contribution in [-0.2, 0) is 31.9 Å². The Morgan fingerprint density at radius 1 is 0.765 bits per heavy atom.